The molecule has 21 heavy (non-hydrogen) atoms. The maximum Gasteiger partial charge on any atom is 0.275 e. The van der Waals surface area contributed by atoms with E-state index in [0.717, 1.165) is 11.0 Å². The van der Waals surface area contributed by atoms with E-state index in [0.29, 0.717) is 6.54 Å². The van der Waals surface area contributed by atoms with Crippen molar-refractivity contribution >= 4 is 33.2 Å². The van der Waals surface area contributed by atoms with Crippen LogP contribution in [0.1, 0.15) is 23.4 Å². The lowest BCUT2D eigenvalue weighted by atomic mass is 10.2. The molecule has 0 spiro atoms. The van der Waals surface area contributed by atoms with E-state index >= 15 is 0 Å². The zero-order valence-corrected chi connectivity index (χ0v) is 14.6. The van der Waals surface area contributed by atoms with E-state index in [1.54, 1.807) is 11.3 Å². The quantitative estimate of drug-likeness (QED) is 0.807. The minimum atomic E-state index is 0.0815. The number of benzene rings is 1. The Morgan fingerprint density at radius 1 is 1.33 bits per heavy atom. The van der Waals surface area contributed by atoms with Gasteiger partial charge in [-0.3, -0.25) is 4.79 Å². The van der Waals surface area contributed by atoms with Crippen molar-refractivity contribution in [1.29, 1.82) is 0 Å². The molecule has 0 radical (unpaired) electrons. The highest BCUT2D eigenvalue weighted by Crippen LogP contribution is 2.17. The lowest BCUT2D eigenvalue weighted by Gasteiger charge is -2.16. The predicted octanol–water partition coefficient (Wildman–Crippen LogP) is 2.40. The normalized spacial score (nSPS) is 13.7. The minimum Gasteiger partial charge on any atom is -0.344 e. The zero-order valence-electron chi connectivity index (χ0n) is 12.2. The molecule has 0 fully saturated rings. The number of carbonyl (C=O) groups is 1. The summed E-state index contributed by atoms with van der Waals surface area (Å²) in [5, 5.41) is 5.08. The number of quaternary nitrogens is 1. The molecule has 1 heterocycles. The van der Waals surface area contributed by atoms with Crippen LogP contribution >= 0.6 is 27.3 Å². The average molecular weight is 368 g/mol. The number of hydrogen-bond acceptors (Lipinski definition) is 2. The fraction of sp³-hybridized carbons (Fsp3) is 0.312. The van der Waals surface area contributed by atoms with Crippen molar-refractivity contribution in [3.63, 3.8) is 0 Å². The van der Waals surface area contributed by atoms with Gasteiger partial charge in [-0.1, -0.05) is 34.1 Å². The summed E-state index contributed by atoms with van der Waals surface area (Å²) in [6.07, 6.45) is 0. The lowest BCUT2D eigenvalue weighted by Crippen LogP contribution is -3.08. The Labute approximate surface area is 138 Å². The summed E-state index contributed by atoms with van der Waals surface area (Å²) in [4.78, 5) is 14.4. The molecule has 2 N–H and O–H groups in total. The van der Waals surface area contributed by atoms with Crippen molar-refractivity contribution in [2.24, 2.45) is 0 Å². The van der Waals surface area contributed by atoms with Gasteiger partial charge in [-0.05, 0) is 30.5 Å². The first-order valence-corrected chi connectivity index (χ1v) is 8.60. The minimum absolute atomic E-state index is 0.0815. The molecular formula is C16H20BrN2OS+. The van der Waals surface area contributed by atoms with E-state index in [-0.39, 0.29) is 11.9 Å². The number of thiophene rings is 1. The van der Waals surface area contributed by atoms with Gasteiger partial charge in [0, 0.05) is 14.9 Å². The summed E-state index contributed by atoms with van der Waals surface area (Å²) in [5.41, 5.74) is 1.23. The van der Waals surface area contributed by atoms with Gasteiger partial charge in [-0.25, -0.2) is 0 Å². The number of amides is 1. The predicted molar refractivity (Wildman–Crippen MR) is 90.5 cm³/mol. The largest absolute Gasteiger partial charge is 0.344 e. The SMILES string of the molecule is C[C@H](NC(=O)C[NH+](C)Cc1ccc(Br)cc1)c1cccs1. The number of rotatable bonds is 6. The van der Waals surface area contributed by atoms with Crippen molar-refractivity contribution < 1.29 is 9.69 Å². The molecule has 2 rings (SSSR count). The van der Waals surface area contributed by atoms with Crippen LogP contribution in [-0.4, -0.2) is 19.5 Å². The van der Waals surface area contributed by atoms with E-state index in [1.165, 1.54) is 15.3 Å². The number of hydrogen-bond donors (Lipinski definition) is 2. The molecule has 112 valence electrons. The molecule has 1 unspecified atom stereocenters. The standard InChI is InChI=1S/C16H19BrN2OS/c1-12(15-4-3-9-21-15)18-16(20)11-19(2)10-13-5-7-14(17)8-6-13/h3-9,12H,10-11H2,1-2H3,(H,18,20)/p+1/t12-/m0/s1. The van der Waals surface area contributed by atoms with Crippen LogP contribution in [-0.2, 0) is 11.3 Å². The van der Waals surface area contributed by atoms with Crippen molar-refractivity contribution in [2.45, 2.75) is 19.5 Å². The highest BCUT2D eigenvalue weighted by atomic mass is 79.9. The molecule has 0 aliphatic heterocycles. The molecule has 1 aromatic carbocycles. The maximum atomic E-state index is 12.1. The van der Waals surface area contributed by atoms with Gasteiger partial charge in [0.15, 0.2) is 6.54 Å². The summed E-state index contributed by atoms with van der Waals surface area (Å²) < 4.78 is 1.08. The van der Waals surface area contributed by atoms with E-state index in [9.17, 15) is 4.79 Å². The van der Waals surface area contributed by atoms with Gasteiger partial charge in [-0.15, -0.1) is 11.3 Å². The van der Waals surface area contributed by atoms with Crippen LogP contribution in [0.5, 0.6) is 0 Å². The van der Waals surface area contributed by atoms with Crippen molar-refractivity contribution in [3.05, 3.63) is 56.7 Å². The fourth-order valence-electron chi connectivity index (χ4n) is 2.19. The molecule has 0 aliphatic carbocycles. The van der Waals surface area contributed by atoms with Crippen LogP contribution in [0.25, 0.3) is 0 Å². The van der Waals surface area contributed by atoms with Gasteiger partial charge in [0.25, 0.3) is 5.91 Å². The molecule has 5 heteroatoms. The second-order valence-corrected chi connectivity index (χ2v) is 7.14. The van der Waals surface area contributed by atoms with Gasteiger partial charge < -0.3 is 10.2 Å². The van der Waals surface area contributed by atoms with Gasteiger partial charge in [0.2, 0.25) is 0 Å². The molecule has 2 aromatic rings. The second kappa shape index (κ2) is 7.73. The van der Waals surface area contributed by atoms with Crippen LogP contribution in [0.2, 0.25) is 0 Å². The Morgan fingerprint density at radius 2 is 2.05 bits per heavy atom. The molecule has 3 nitrogen and oxygen atoms in total. The first kappa shape index (κ1) is 16.2. The Balaban J connectivity index is 1.80. The summed E-state index contributed by atoms with van der Waals surface area (Å²) in [7, 11) is 2.04. The number of nitrogens with one attached hydrogen (secondary N) is 2. The van der Waals surface area contributed by atoms with Crippen LogP contribution in [0.4, 0.5) is 0 Å². The van der Waals surface area contributed by atoms with Crippen LogP contribution in [0.15, 0.2) is 46.3 Å². The first-order chi connectivity index (χ1) is 10.0. The smallest absolute Gasteiger partial charge is 0.275 e. The highest BCUT2D eigenvalue weighted by molar-refractivity contribution is 9.10. The third-order valence-electron chi connectivity index (χ3n) is 3.23. The molecule has 0 aliphatic rings. The van der Waals surface area contributed by atoms with E-state index in [2.05, 4.69) is 33.4 Å². The molecule has 0 saturated carbocycles. The number of likely N-dealkylation sites (N-methyl/N-ethyl adjacent to an activating group) is 1. The highest BCUT2D eigenvalue weighted by Gasteiger charge is 2.14. The van der Waals surface area contributed by atoms with Gasteiger partial charge in [0.1, 0.15) is 6.54 Å². The molecule has 2 atom stereocenters. The second-order valence-electron chi connectivity index (χ2n) is 5.24. The first-order valence-electron chi connectivity index (χ1n) is 6.93. The molecular weight excluding hydrogens is 348 g/mol. The number of halogens is 1. The molecule has 1 aromatic heterocycles. The van der Waals surface area contributed by atoms with E-state index in [1.807, 2.05) is 43.6 Å². The van der Waals surface area contributed by atoms with Gasteiger partial charge in [0.05, 0.1) is 13.1 Å². The average Bonchev–Trinajstić information content (AvgIpc) is 2.95. The Hall–Kier alpha value is -1.17. The molecule has 1 amide bonds. The lowest BCUT2D eigenvalue weighted by molar-refractivity contribution is -0.885. The molecule has 0 bridgehead atoms. The Morgan fingerprint density at radius 3 is 2.67 bits per heavy atom. The Kier molecular flexibility index (Phi) is 5.96. The third-order valence-corrected chi connectivity index (χ3v) is 4.81. The summed E-state index contributed by atoms with van der Waals surface area (Å²) >= 11 is 5.10. The van der Waals surface area contributed by atoms with Crippen LogP contribution in [0, 0.1) is 0 Å². The van der Waals surface area contributed by atoms with Crippen LogP contribution < -0.4 is 10.2 Å². The topological polar surface area (TPSA) is 33.5 Å². The summed E-state index contributed by atoms with van der Waals surface area (Å²) in [5.74, 6) is 0.0884. The van der Waals surface area contributed by atoms with E-state index in [4.69, 9.17) is 0 Å². The van der Waals surface area contributed by atoms with Crippen molar-refractivity contribution in [3.8, 4) is 0 Å². The summed E-state index contributed by atoms with van der Waals surface area (Å²) in [6.45, 7) is 3.34. The van der Waals surface area contributed by atoms with E-state index < -0.39 is 0 Å². The van der Waals surface area contributed by atoms with Crippen molar-refractivity contribution in [2.75, 3.05) is 13.6 Å². The fourth-order valence-corrected chi connectivity index (χ4v) is 3.19. The molecule has 0 saturated heterocycles. The van der Waals surface area contributed by atoms with Crippen molar-refractivity contribution in [1.82, 2.24) is 5.32 Å². The summed E-state index contributed by atoms with van der Waals surface area (Å²) in [6, 6.07) is 12.4. The zero-order chi connectivity index (χ0) is 15.2. The van der Waals surface area contributed by atoms with Crippen LogP contribution in [0.3, 0.4) is 0 Å². The van der Waals surface area contributed by atoms with Gasteiger partial charge in [-0.2, -0.15) is 0 Å². The van der Waals surface area contributed by atoms with Gasteiger partial charge >= 0.3 is 0 Å². The Bertz CT molecular complexity index is 568. The maximum absolute atomic E-state index is 12.1. The number of carbonyl (C=O) groups excluding carboxylic acids is 1. The monoisotopic (exact) mass is 367 g/mol. The third kappa shape index (κ3) is 5.26.